The molecule has 0 aromatic rings. The predicted octanol–water partition coefficient (Wildman–Crippen LogP) is 18.6. The number of hydrogen-bond acceptors (Lipinski definition) is 2. The molecule has 0 aliphatic carbocycles. The Morgan fingerprint density at radius 1 is 0.281 bits per heavy atom. The first-order valence-electron chi connectivity index (χ1n) is 25.1. The molecule has 0 aliphatic heterocycles. The Morgan fingerprint density at radius 3 is 0.614 bits per heavy atom. The number of aliphatic carboxylic acids is 2. The summed E-state index contributed by atoms with van der Waals surface area (Å²) >= 11 is 0. The number of hydrogen-bond donors (Lipinski definition) is 2. The summed E-state index contributed by atoms with van der Waals surface area (Å²) in [6.07, 6.45) is 59.5. The summed E-state index contributed by atoms with van der Waals surface area (Å²) < 4.78 is 0. The van der Waals surface area contributed by atoms with E-state index in [0.29, 0.717) is 12.8 Å². The molecule has 5 heteroatoms. The van der Waals surface area contributed by atoms with Gasteiger partial charge >= 0.3 is 11.9 Å². The van der Waals surface area contributed by atoms with E-state index in [-0.39, 0.29) is 23.9 Å². The van der Waals surface area contributed by atoms with Crippen LogP contribution in [0.25, 0.3) is 0 Å². The fourth-order valence-corrected chi connectivity index (χ4v) is 6.40. The van der Waals surface area contributed by atoms with Gasteiger partial charge in [0.15, 0.2) is 0 Å². The zero-order chi connectivity index (χ0) is 42.3. The van der Waals surface area contributed by atoms with Gasteiger partial charge in [-0.25, -0.2) is 0 Å². The Morgan fingerprint density at radius 2 is 0.439 bits per heavy atom. The van der Waals surface area contributed by atoms with Gasteiger partial charge in [-0.1, -0.05) is 246 Å². The van der Waals surface area contributed by atoms with Crippen molar-refractivity contribution in [1.29, 1.82) is 0 Å². The van der Waals surface area contributed by atoms with Crippen LogP contribution in [0.1, 0.15) is 298 Å². The normalized spacial score (nSPS) is 10.6. The molecular formula is C52H104O4Sn. The number of allylic oxidation sites excluding steroid dienone is 4. The molecule has 0 unspecified atom stereocenters. The third kappa shape index (κ3) is 83.7. The largest absolute Gasteiger partial charge is 0.481 e. The van der Waals surface area contributed by atoms with E-state index < -0.39 is 11.9 Å². The second-order valence-corrected chi connectivity index (χ2v) is 16.3. The van der Waals surface area contributed by atoms with E-state index in [1.807, 2.05) is 0 Å². The minimum absolute atomic E-state index is 0. The Kier molecular flexibility index (Phi) is 76.8. The molecule has 0 atom stereocenters. The molecule has 0 saturated carbocycles. The van der Waals surface area contributed by atoms with Crippen LogP contribution in [0.2, 0.25) is 0 Å². The van der Waals surface area contributed by atoms with E-state index in [9.17, 15) is 9.59 Å². The number of carboxylic acid groups (broad SMARTS) is 2. The molecule has 2 N–H and O–H groups in total. The van der Waals surface area contributed by atoms with E-state index in [4.69, 9.17) is 10.2 Å². The minimum atomic E-state index is -0.664. The molecule has 0 aromatic heterocycles. The van der Waals surface area contributed by atoms with Crippen molar-refractivity contribution < 1.29 is 19.8 Å². The molecule has 0 heterocycles. The fraction of sp³-hybridized carbons (Fsp3) is 0.885. The van der Waals surface area contributed by atoms with Crippen LogP contribution in [0, 0.1) is 0 Å². The average Bonchev–Trinajstić information content (AvgIpc) is 3.19. The first kappa shape index (κ1) is 65.3. The van der Waals surface area contributed by atoms with Gasteiger partial charge in [0.1, 0.15) is 0 Å². The van der Waals surface area contributed by atoms with E-state index in [2.05, 4.69) is 65.8 Å². The number of unbranched alkanes of at least 4 members (excludes halogenated alkanes) is 32. The van der Waals surface area contributed by atoms with Gasteiger partial charge in [0.05, 0.1) is 0 Å². The molecule has 57 heavy (non-hydrogen) atoms. The van der Waals surface area contributed by atoms with E-state index in [0.717, 1.165) is 25.7 Å². The molecule has 0 rings (SSSR count). The van der Waals surface area contributed by atoms with Gasteiger partial charge in [-0.2, -0.15) is 0 Å². The second kappa shape index (κ2) is 67.0. The van der Waals surface area contributed by atoms with Gasteiger partial charge in [0.25, 0.3) is 0 Å². The molecule has 0 fully saturated rings. The monoisotopic (exact) mass is 913 g/mol. The topological polar surface area (TPSA) is 74.6 Å². The van der Waals surface area contributed by atoms with Gasteiger partial charge in [-0.15, -0.1) is 0 Å². The van der Waals surface area contributed by atoms with Crippen molar-refractivity contribution in [3.8, 4) is 0 Å². The van der Waals surface area contributed by atoms with Crippen LogP contribution in [0.3, 0.4) is 0 Å². The maximum atomic E-state index is 10.3. The van der Waals surface area contributed by atoms with E-state index >= 15 is 0 Å². The maximum absolute atomic E-state index is 10.3. The number of rotatable bonds is 40. The third-order valence-corrected chi connectivity index (χ3v) is 10.2. The number of carbonyl (C=O) groups is 2. The molecule has 340 valence electrons. The summed E-state index contributed by atoms with van der Waals surface area (Å²) in [7, 11) is 0. The molecule has 0 amide bonds. The second-order valence-electron chi connectivity index (χ2n) is 16.3. The van der Waals surface area contributed by atoms with Crippen molar-refractivity contribution >= 4 is 35.8 Å². The molecule has 0 bridgehead atoms. The Labute approximate surface area is 376 Å². The molecular weight excluding hydrogens is 807 g/mol. The van der Waals surface area contributed by atoms with Gasteiger partial charge in [0, 0.05) is 36.7 Å². The van der Waals surface area contributed by atoms with E-state index in [1.54, 1.807) is 0 Å². The fourth-order valence-electron chi connectivity index (χ4n) is 6.40. The van der Waals surface area contributed by atoms with Crippen molar-refractivity contribution in [1.82, 2.24) is 0 Å². The summed E-state index contributed by atoms with van der Waals surface area (Å²) in [4.78, 5) is 20.6. The van der Waals surface area contributed by atoms with Gasteiger partial charge in [-0.05, 0) is 64.2 Å². The smallest absolute Gasteiger partial charge is 0.303 e. The summed E-state index contributed by atoms with van der Waals surface area (Å²) in [5.74, 6) is -1.33. The molecule has 0 aromatic carbocycles. The summed E-state index contributed by atoms with van der Waals surface area (Å²) in [5.41, 5.74) is 0. The zero-order valence-corrected chi connectivity index (χ0v) is 42.7. The van der Waals surface area contributed by atoms with Crippen LogP contribution in [0.15, 0.2) is 24.3 Å². The quantitative estimate of drug-likeness (QED) is 0.0365. The Bertz CT molecular complexity index is 676. The first-order valence-corrected chi connectivity index (χ1v) is 25.1. The first-order chi connectivity index (χ1) is 27.4. The average molecular weight is 912 g/mol. The van der Waals surface area contributed by atoms with Crippen LogP contribution in [0.4, 0.5) is 0 Å². The van der Waals surface area contributed by atoms with E-state index in [1.165, 1.54) is 218 Å². The minimum Gasteiger partial charge on any atom is -0.481 e. The third-order valence-electron chi connectivity index (χ3n) is 10.2. The van der Waals surface area contributed by atoms with Crippen LogP contribution in [-0.4, -0.2) is 46.1 Å². The maximum Gasteiger partial charge on any atom is 0.303 e. The molecule has 0 saturated heterocycles. The van der Waals surface area contributed by atoms with Gasteiger partial charge in [0.2, 0.25) is 0 Å². The van der Waals surface area contributed by atoms with Crippen molar-refractivity contribution in [2.75, 3.05) is 0 Å². The predicted molar refractivity (Wildman–Crippen MR) is 258 cm³/mol. The van der Waals surface area contributed by atoms with Crippen molar-refractivity contribution in [2.24, 2.45) is 0 Å². The Balaban J connectivity index is -0.000000228. The zero-order valence-electron chi connectivity index (χ0n) is 39.8. The van der Waals surface area contributed by atoms with Gasteiger partial charge in [-0.3, -0.25) is 9.59 Å². The summed E-state index contributed by atoms with van der Waals surface area (Å²) in [6.45, 7) is 13.5. The van der Waals surface area contributed by atoms with Crippen molar-refractivity contribution in [2.45, 2.75) is 298 Å². The van der Waals surface area contributed by atoms with Crippen LogP contribution < -0.4 is 0 Å². The Hall–Kier alpha value is -0.781. The SMILES string of the molecule is CCCCCCCC.CCCCCCCC.CCCCCCCC/C=C/CCCCCCCC(=O)O.CCCCCCCC/C=C\CCCCCCCC(=O)O.[Sn]. The summed E-state index contributed by atoms with van der Waals surface area (Å²) in [5, 5.41) is 17.0. The van der Waals surface area contributed by atoms with Crippen LogP contribution in [-0.2, 0) is 9.59 Å². The standard InChI is InChI=1S/2C18H34O2.2C8H18.Sn/c2*1-2-3-4-5-6-7-8-9-10-11-12-13-14-15-16-17-18(19)20;2*1-3-5-7-8-6-4-2;/h2*9-10H,2-8,11-17H2,1H3,(H,19,20);2*3-8H2,1-2H3;/b10-9+;10-9-;;;. The summed E-state index contributed by atoms with van der Waals surface area (Å²) in [6, 6.07) is 0. The number of carboxylic acids is 2. The van der Waals surface area contributed by atoms with Crippen LogP contribution >= 0.6 is 0 Å². The van der Waals surface area contributed by atoms with Crippen molar-refractivity contribution in [3.05, 3.63) is 24.3 Å². The van der Waals surface area contributed by atoms with Gasteiger partial charge < -0.3 is 10.2 Å². The molecule has 4 nitrogen and oxygen atoms in total. The molecule has 0 spiro atoms. The van der Waals surface area contributed by atoms with Crippen LogP contribution in [0.5, 0.6) is 0 Å². The molecule has 4 radical (unpaired) electrons. The van der Waals surface area contributed by atoms with Crippen molar-refractivity contribution in [3.63, 3.8) is 0 Å². The molecule has 0 aliphatic rings.